The Morgan fingerprint density at radius 3 is 2.60 bits per heavy atom. The Hall–Kier alpha value is 0.140. The highest BCUT2D eigenvalue weighted by Gasteiger charge is 2.34. The Morgan fingerprint density at radius 1 is 1.30 bits per heavy atom. The van der Waals surface area contributed by atoms with Crippen LogP contribution in [0.3, 0.4) is 0 Å². The quantitative estimate of drug-likeness (QED) is 0.716. The highest BCUT2D eigenvalue weighted by Crippen LogP contribution is 2.46. The van der Waals surface area contributed by atoms with Gasteiger partial charge in [-0.1, -0.05) is 27.7 Å². The molecule has 1 saturated carbocycles. The van der Waals surface area contributed by atoms with Crippen LogP contribution in [-0.4, -0.2) is 12.6 Å². The van der Waals surface area contributed by atoms with Crippen LogP contribution in [-0.2, 0) is 0 Å². The molecule has 0 spiro atoms. The summed E-state index contributed by atoms with van der Waals surface area (Å²) in [5.74, 6) is 3.23. The minimum Gasteiger partial charge on any atom is -0.314 e. The van der Waals surface area contributed by atoms with Gasteiger partial charge < -0.3 is 5.32 Å². The van der Waals surface area contributed by atoms with Crippen molar-refractivity contribution in [2.45, 2.75) is 58.9 Å². The minimum absolute atomic E-state index is 0.588. The summed E-state index contributed by atoms with van der Waals surface area (Å²) in [5.41, 5.74) is 0. The number of halogens is 1. The molecule has 0 aromatic carbocycles. The monoisotopic (exact) mass is 357 g/mol. The normalized spacial score (nSPS) is 27.4. The Morgan fingerprint density at radius 2 is 2.05 bits per heavy atom. The van der Waals surface area contributed by atoms with Crippen molar-refractivity contribution < 1.29 is 0 Å². The molecule has 1 N–H and O–H groups in total. The van der Waals surface area contributed by atoms with Gasteiger partial charge in [0.2, 0.25) is 0 Å². The highest BCUT2D eigenvalue weighted by molar-refractivity contribution is 9.10. The highest BCUT2D eigenvalue weighted by atomic mass is 79.9. The van der Waals surface area contributed by atoms with E-state index >= 15 is 0 Å². The molecule has 1 aliphatic carbocycles. The zero-order chi connectivity index (χ0) is 14.7. The topological polar surface area (TPSA) is 12.0 Å². The summed E-state index contributed by atoms with van der Waals surface area (Å²) in [7, 11) is 0. The van der Waals surface area contributed by atoms with Gasteiger partial charge in [-0.25, -0.2) is 0 Å². The zero-order valence-electron chi connectivity index (χ0n) is 13.2. The van der Waals surface area contributed by atoms with Crippen molar-refractivity contribution in [3.63, 3.8) is 0 Å². The van der Waals surface area contributed by atoms with Gasteiger partial charge >= 0.3 is 0 Å². The van der Waals surface area contributed by atoms with Crippen LogP contribution in [0, 0.1) is 17.8 Å². The van der Waals surface area contributed by atoms with E-state index in [0.29, 0.717) is 6.04 Å². The summed E-state index contributed by atoms with van der Waals surface area (Å²) >= 11 is 5.69. The fourth-order valence-corrected chi connectivity index (χ4v) is 5.27. The van der Waals surface area contributed by atoms with Crippen molar-refractivity contribution in [2.75, 3.05) is 6.54 Å². The fourth-order valence-electron chi connectivity index (χ4n) is 3.39. The lowest BCUT2D eigenvalue weighted by molar-refractivity contribution is 0.190. The summed E-state index contributed by atoms with van der Waals surface area (Å²) in [6.07, 6.45) is 4.14. The van der Waals surface area contributed by atoms with Crippen LogP contribution in [0.5, 0.6) is 0 Å². The molecule has 0 saturated heterocycles. The first-order chi connectivity index (χ1) is 9.49. The van der Waals surface area contributed by atoms with Gasteiger partial charge in [-0.15, -0.1) is 11.3 Å². The lowest BCUT2D eigenvalue weighted by Crippen LogP contribution is -2.35. The third kappa shape index (κ3) is 4.08. The molecule has 2 rings (SSSR count). The largest absolute Gasteiger partial charge is 0.314 e. The smallest absolute Gasteiger partial charge is 0.0317 e. The van der Waals surface area contributed by atoms with Gasteiger partial charge in [-0.05, 0) is 76.9 Å². The molecule has 1 aliphatic rings. The van der Waals surface area contributed by atoms with E-state index in [2.05, 4.69) is 60.4 Å². The van der Waals surface area contributed by atoms with Crippen LogP contribution >= 0.6 is 27.3 Å². The first-order valence-electron chi connectivity index (χ1n) is 7.95. The third-order valence-electron chi connectivity index (χ3n) is 4.75. The Bertz CT molecular complexity index is 413. The molecule has 0 amide bonds. The van der Waals surface area contributed by atoms with Crippen molar-refractivity contribution >= 4 is 27.3 Å². The standard InChI is InChI=1S/C17H28BrNS/c1-11(2)13-5-6-14(10-19-12(3)4)15(9-13)17-16(18)7-8-20-17/h7-8,11-15,19H,5-6,9-10H2,1-4H3. The molecule has 1 heterocycles. The molecule has 3 unspecified atom stereocenters. The van der Waals surface area contributed by atoms with Crippen molar-refractivity contribution in [1.82, 2.24) is 5.32 Å². The van der Waals surface area contributed by atoms with Crippen LogP contribution < -0.4 is 5.32 Å². The Balaban J connectivity index is 2.12. The van der Waals surface area contributed by atoms with Crippen LogP contribution in [0.1, 0.15) is 57.8 Å². The number of hydrogen-bond acceptors (Lipinski definition) is 2. The maximum atomic E-state index is 3.76. The van der Waals surface area contributed by atoms with Gasteiger partial charge in [0, 0.05) is 15.4 Å². The van der Waals surface area contributed by atoms with Crippen molar-refractivity contribution in [3.8, 4) is 0 Å². The van der Waals surface area contributed by atoms with Gasteiger partial charge in [-0.3, -0.25) is 0 Å². The number of rotatable bonds is 5. The first kappa shape index (κ1) is 16.5. The predicted molar refractivity (Wildman–Crippen MR) is 93.6 cm³/mol. The van der Waals surface area contributed by atoms with Gasteiger partial charge in [0.05, 0.1) is 0 Å². The van der Waals surface area contributed by atoms with Crippen molar-refractivity contribution in [2.24, 2.45) is 17.8 Å². The van der Waals surface area contributed by atoms with E-state index in [9.17, 15) is 0 Å². The molecule has 1 fully saturated rings. The SMILES string of the molecule is CC(C)NCC1CCC(C(C)C)CC1c1sccc1Br. The molecule has 114 valence electrons. The molecule has 0 aliphatic heterocycles. The second-order valence-corrected chi connectivity index (χ2v) is 8.68. The van der Waals surface area contributed by atoms with Gasteiger partial charge in [0.15, 0.2) is 0 Å². The zero-order valence-corrected chi connectivity index (χ0v) is 15.6. The molecule has 0 bridgehead atoms. The third-order valence-corrected chi connectivity index (χ3v) is 6.75. The van der Waals surface area contributed by atoms with Gasteiger partial charge in [-0.2, -0.15) is 0 Å². The van der Waals surface area contributed by atoms with Crippen LogP contribution in [0.4, 0.5) is 0 Å². The minimum atomic E-state index is 0.588. The van der Waals surface area contributed by atoms with E-state index in [4.69, 9.17) is 0 Å². The van der Waals surface area contributed by atoms with Crippen LogP contribution in [0.15, 0.2) is 15.9 Å². The summed E-state index contributed by atoms with van der Waals surface area (Å²) in [6.45, 7) is 10.4. The lowest BCUT2D eigenvalue weighted by Gasteiger charge is -2.38. The van der Waals surface area contributed by atoms with E-state index in [-0.39, 0.29) is 0 Å². The predicted octanol–water partition coefficient (Wildman–Crippen LogP) is 5.66. The average molecular weight is 358 g/mol. The molecule has 1 nitrogen and oxygen atoms in total. The Kier molecular flexibility index (Phi) is 6.12. The van der Waals surface area contributed by atoms with E-state index in [1.54, 1.807) is 4.88 Å². The number of hydrogen-bond donors (Lipinski definition) is 1. The maximum Gasteiger partial charge on any atom is 0.0317 e. The molecule has 3 heteroatoms. The van der Waals surface area contributed by atoms with Crippen LogP contribution in [0.25, 0.3) is 0 Å². The maximum absolute atomic E-state index is 3.76. The van der Waals surface area contributed by atoms with Crippen LogP contribution in [0.2, 0.25) is 0 Å². The lowest BCUT2D eigenvalue weighted by atomic mass is 9.70. The molecular weight excluding hydrogens is 330 g/mol. The number of nitrogens with one attached hydrogen (secondary N) is 1. The van der Waals surface area contributed by atoms with Crippen molar-refractivity contribution in [3.05, 3.63) is 20.8 Å². The van der Waals surface area contributed by atoms with Gasteiger partial charge in [0.25, 0.3) is 0 Å². The summed E-state index contributed by atoms with van der Waals surface area (Å²) in [4.78, 5) is 1.57. The molecule has 3 atom stereocenters. The van der Waals surface area contributed by atoms with E-state index < -0.39 is 0 Å². The van der Waals surface area contributed by atoms with E-state index in [1.165, 1.54) is 23.7 Å². The second kappa shape index (κ2) is 7.42. The summed E-state index contributed by atoms with van der Waals surface area (Å²) < 4.78 is 1.33. The van der Waals surface area contributed by atoms with Crippen molar-refractivity contribution in [1.29, 1.82) is 0 Å². The van der Waals surface area contributed by atoms with Gasteiger partial charge in [0.1, 0.15) is 0 Å². The molecule has 1 aromatic rings. The number of thiophene rings is 1. The van der Waals surface area contributed by atoms with E-state index in [1.807, 2.05) is 11.3 Å². The van der Waals surface area contributed by atoms with E-state index in [0.717, 1.165) is 30.2 Å². The molecule has 0 radical (unpaired) electrons. The second-order valence-electron chi connectivity index (χ2n) is 6.88. The summed E-state index contributed by atoms with van der Waals surface area (Å²) in [5, 5.41) is 5.89. The fraction of sp³-hybridized carbons (Fsp3) is 0.765. The average Bonchev–Trinajstić information content (AvgIpc) is 2.82. The molecule has 20 heavy (non-hydrogen) atoms. The molecular formula is C17H28BrNS. The molecule has 1 aromatic heterocycles. The summed E-state index contributed by atoms with van der Waals surface area (Å²) in [6, 6.07) is 2.80. The first-order valence-corrected chi connectivity index (χ1v) is 9.62. The Labute approximate surface area is 136 Å².